The number of hydrogen-bond acceptors (Lipinski definition) is 6. The third-order valence-corrected chi connectivity index (χ3v) is 5.84. The predicted molar refractivity (Wildman–Crippen MR) is 64.4 cm³/mol. The number of hydrogen-bond donors (Lipinski definition) is 2. The van der Waals surface area contributed by atoms with Crippen molar-refractivity contribution in [1.82, 2.24) is 4.31 Å². The number of rotatable bonds is 2. The van der Waals surface area contributed by atoms with Crippen molar-refractivity contribution in [2.24, 2.45) is 5.14 Å². The molecule has 0 spiro atoms. The molecular weight excluding hydrogens is 268 g/mol. The molecule has 0 unspecified atom stereocenters. The molecule has 1 aromatic heterocycles. The Morgan fingerprint density at radius 1 is 1.56 bits per heavy atom. The van der Waals surface area contributed by atoms with Crippen molar-refractivity contribution in [2.45, 2.75) is 8.42 Å². The number of nitrogens with zero attached hydrogens (tertiary/aromatic N) is 1. The summed E-state index contributed by atoms with van der Waals surface area (Å²) in [6.07, 6.45) is 1.76. The summed E-state index contributed by atoms with van der Waals surface area (Å²) in [7, 11) is -1.83. The van der Waals surface area contributed by atoms with Gasteiger partial charge in [-0.3, -0.25) is 0 Å². The van der Waals surface area contributed by atoms with E-state index in [-0.39, 0.29) is 10.8 Å². The van der Waals surface area contributed by atoms with Crippen molar-refractivity contribution in [3.63, 3.8) is 0 Å². The zero-order valence-corrected chi connectivity index (χ0v) is 10.8. The Morgan fingerprint density at radius 3 is 2.81 bits per heavy atom. The van der Waals surface area contributed by atoms with Crippen LogP contribution in [-0.4, -0.2) is 31.5 Å². The lowest BCUT2D eigenvalue weighted by Crippen LogP contribution is -2.14. The Hall–Kier alpha value is -0.540. The van der Waals surface area contributed by atoms with Crippen LogP contribution in [0.1, 0.15) is 5.56 Å². The van der Waals surface area contributed by atoms with E-state index >= 15 is 0 Å². The van der Waals surface area contributed by atoms with Crippen LogP contribution in [0.4, 0.5) is 0 Å². The minimum atomic E-state index is -3.64. The van der Waals surface area contributed by atoms with Gasteiger partial charge in [0.05, 0.1) is 16.5 Å². The number of thiophene rings is 1. The Bertz CT molecular complexity index is 547. The first kappa shape index (κ1) is 11.9. The third-order valence-electron chi connectivity index (χ3n) is 2.09. The first-order chi connectivity index (χ1) is 7.41. The highest BCUT2D eigenvalue weighted by atomic mass is 32.3. The van der Waals surface area contributed by atoms with Gasteiger partial charge < -0.3 is 9.41 Å². The Balaban J connectivity index is 2.49. The molecule has 2 heterocycles. The van der Waals surface area contributed by atoms with Crippen LogP contribution in [0.25, 0.3) is 6.08 Å². The fourth-order valence-corrected chi connectivity index (χ4v) is 4.50. The number of nitrogens with two attached hydrogens (primary N) is 1. The lowest BCUT2D eigenvalue weighted by Gasteiger charge is -2.23. The second kappa shape index (κ2) is 4.04. The molecule has 1 aliphatic rings. The SMILES string of the molecule is CN1Sc2sc(S(N)(=O)=O)cc2C=C1CO. The van der Waals surface area contributed by atoms with Gasteiger partial charge in [-0.2, -0.15) is 0 Å². The molecule has 0 bridgehead atoms. The van der Waals surface area contributed by atoms with Crippen molar-refractivity contribution in [3.05, 3.63) is 17.3 Å². The van der Waals surface area contributed by atoms with Crippen LogP contribution in [0.15, 0.2) is 20.2 Å². The summed E-state index contributed by atoms with van der Waals surface area (Å²) in [5.74, 6) is 0. The average molecular weight is 278 g/mol. The van der Waals surface area contributed by atoms with Gasteiger partial charge in [-0.15, -0.1) is 11.3 Å². The van der Waals surface area contributed by atoms with E-state index in [1.54, 1.807) is 10.4 Å². The van der Waals surface area contributed by atoms with E-state index in [0.29, 0.717) is 0 Å². The quantitative estimate of drug-likeness (QED) is 0.777. The van der Waals surface area contributed by atoms with Gasteiger partial charge in [0.1, 0.15) is 4.21 Å². The molecule has 0 radical (unpaired) electrons. The zero-order valence-electron chi connectivity index (χ0n) is 8.37. The van der Waals surface area contributed by atoms with E-state index in [0.717, 1.165) is 26.8 Å². The fourth-order valence-electron chi connectivity index (χ4n) is 1.28. The molecule has 1 aliphatic heterocycles. The van der Waals surface area contributed by atoms with Gasteiger partial charge in [0.2, 0.25) is 10.0 Å². The molecule has 88 valence electrons. The minimum Gasteiger partial charge on any atom is -0.390 e. The normalized spacial score (nSPS) is 15.9. The maximum Gasteiger partial charge on any atom is 0.247 e. The summed E-state index contributed by atoms with van der Waals surface area (Å²) in [5, 5.41) is 14.2. The summed E-state index contributed by atoms with van der Waals surface area (Å²) in [6.45, 7) is -0.0799. The van der Waals surface area contributed by atoms with E-state index < -0.39 is 10.0 Å². The third kappa shape index (κ3) is 2.11. The second-order valence-corrected chi connectivity index (χ2v) is 7.47. The number of aliphatic hydroxyl groups is 1. The predicted octanol–water partition coefficient (Wildman–Crippen LogP) is 0.681. The Labute approximate surface area is 102 Å². The highest BCUT2D eigenvalue weighted by molar-refractivity contribution is 7.99. The van der Waals surface area contributed by atoms with Gasteiger partial charge in [-0.05, 0) is 24.1 Å². The maximum absolute atomic E-state index is 11.2. The molecule has 0 saturated carbocycles. The van der Waals surface area contributed by atoms with Crippen LogP contribution < -0.4 is 5.14 Å². The molecular formula is C8H10N2O3S3. The summed E-state index contributed by atoms with van der Waals surface area (Å²) >= 11 is 2.53. The van der Waals surface area contributed by atoms with E-state index in [9.17, 15) is 8.42 Å². The van der Waals surface area contributed by atoms with Gasteiger partial charge in [-0.1, -0.05) is 0 Å². The van der Waals surface area contributed by atoms with Gasteiger partial charge in [0, 0.05) is 12.6 Å². The summed E-state index contributed by atoms with van der Waals surface area (Å²) in [6, 6.07) is 1.53. The van der Waals surface area contributed by atoms with Crippen LogP contribution >= 0.6 is 23.3 Å². The Morgan fingerprint density at radius 2 is 2.25 bits per heavy atom. The van der Waals surface area contributed by atoms with Crippen LogP contribution in [0.3, 0.4) is 0 Å². The number of aliphatic hydroxyl groups excluding tert-OH is 1. The maximum atomic E-state index is 11.2. The fraction of sp³-hybridized carbons (Fsp3) is 0.250. The largest absolute Gasteiger partial charge is 0.390 e. The standard InChI is InChI=1S/C8H10N2O3S3/c1-10-6(4-11)2-5-3-7(16(9,12)13)14-8(5)15-10/h2-3,11H,4H2,1H3,(H2,9,12,13). The first-order valence-electron chi connectivity index (χ1n) is 4.31. The molecule has 8 heteroatoms. The smallest absolute Gasteiger partial charge is 0.247 e. The summed E-state index contributed by atoms with van der Waals surface area (Å²) in [5.41, 5.74) is 1.53. The second-order valence-electron chi connectivity index (χ2n) is 3.24. The summed E-state index contributed by atoms with van der Waals surface area (Å²) < 4.78 is 25.2. The lowest BCUT2D eigenvalue weighted by atomic mass is 10.3. The Kier molecular flexibility index (Phi) is 3.01. The lowest BCUT2D eigenvalue weighted by molar-refractivity contribution is 0.311. The molecule has 0 aromatic carbocycles. The number of primary sulfonamides is 1. The van der Waals surface area contributed by atoms with E-state index in [1.165, 1.54) is 18.0 Å². The van der Waals surface area contributed by atoms with Crippen LogP contribution in [0, 0.1) is 0 Å². The van der Waals surface area contributed by atoms with Crippen molar-refractivity contribution in [1.29, 1.82) is 0 Å². The van der Waals surface area contributed by atoms with Crippen LogP contribution in [-0.2, 0) is 10.0 Å². The minimum absolute atomic E-state index is 0.0799. The molecule has 0 fully saturated rings. The molecule has 0 aliphatic carbocycles. The van der Waals surface area contributed by atoms with Gasteiger partial charge in [-0.25, -0.2) is 13.6 Å². The van der Waals surface area contributed by atoms with Gasteiger partial charge >= 0.3 is 0 Å². The molecule has 1 aromatic rings. The van der Waals surface area contributed by atoms with E-state index in [4.69, 9.17) is 10.2 Å². The molecule has 0 atom stereocenters. The van der Waals surface area contributed by atoms with Gasteiger partial charge in [0.25, 0.3) is 0 Å². The van der Waals surface area contributed by atoms with Crippen molar-refractivity contribution in [2.75, 3.05) is 13.7 Å². The van der Waals surface area contributed by atoms with Crippen LogP contribution in [0.2, 0.25) is 0 Å². The van der Waals surface area contributed by atoms with Gasteiger partial charge in [0.15, 0.2) is 0 Å². The van der Waals surface area contributed by atoms with E-state index in [1.807, 2.05) is 7.05 Å². The molecule has 0 saturated heterocycles. The molecule has 0 amide bonds. The zero-order chi connectivity index (χ0) is 11.9. The van der Waals surface area contributed by atoms with Crippen molar-refractivity contribution < 1.29 is 13.5 Å². The van der Waals surface area contributed by atoms with Crippen LogP contribution in [0.5, 0.6) is 0 Å². The summed E-state index contributed by atoms with van der Waals surface area (Å²) in [4.78, 5) is 0. The highest BCUT2D eigenvalue weighted by Gasteiger charge is 2.22. The highest BCUT2D eigenvalue weighted by Crippen LogP contribution is 2.41. The molecule has 16 heavy (non-hydrogen) atoms. The number of fused-ring (bicyclic) bond motifs is 1. The molecule has 2 rings (SSSR count). The van der Waals surface area contributed by atoms with E-state index in [2.05, 4.69) is 0 Å². The van der Waals surface area contributed by atoms with Crippen molar-refractivity contribution >= 4 is 39.4 Å². The first-order valence-corrected chi connectivity index (χ1v) is 7.45. The average Bonchev–Trinajstić information content (AvgIpc) is 2.58. The number of sulfonamides is 1. The van der Waals surface area contributed by atoms with Crippen molar-refractivity contribution in [3.8, 4) is 0 Å². The monoisotopic (exact) mass is 278 g/mol. The topological polar surface area (TPSA) is 83.6 Å². The number of likely N-dealkylation sites (N-methyl/N-ethyl adjacent to an activating group) is 1. The molecule has 3 N–H and O–H groups in total. The molecule has 5 nitrogen and oxygen atoms in total.